The number of phenols is 1. The molecule has 7 rings (SSSR count). The number of aromatic amines is 1. The number of halogens is 2. The minimum absolute atomic E-state index is 0.0847. The molecule has 1 aromatic heterocycles. The van der Waals surface area contributed by atoms with Gasteiger partial charge in [0.05, 0.1) is 32.0 Å². The third-order valence-corrected chi connectivity index (χ3v) is 10.3. The summed E-state index contributed by atoms with van der Waals surface area (Å²) in [7, 11) is 3.08. The molecule has 2 N–H and O–H groups in total. The summed E-state index contributed by atoms with van der Waals surface area (Å²) in [5.41, 5.74) is 3.46. The molecule has 10 nitrogen and oxygen atoms in total. The van der Waals surface area contributed by atoms with Crippen molar-refractivity contribution in [3.05, 3.63) is 111 Å². The zero-order valence-electron chi connectivity index (χ0n) is 28.2. The van der Waals surface area contributed by atoms with E-state index < -0.39 is 18.2 Å². The van der Waals surface area contributed by atoms with Crippen LogP contribution in [0.4, 0.5) is 10.5 Å². The summed E-state index contributed by atoms with van der Waals surface area (Å²) >= 11 is 13.0. The molecule has 0 unspecified atom stereocenters. The van der Waals surface area contributed by atoms with Crippen LogP contribution in [-0.4, -0.2) is 62.0 Å². The second-order valence-corrected chi connectivity index (χ2v) is 13.4. The van der Waals surface area contributed by atoms with Gasteiger partial charge in [0.15, 0.2) is 23.9 Å². The summed E-state index contributed by atoms with van der Waals surface area (Å²) in [5, 5.41) is 11.3. The van der Waals surface area contributed by atoms with Gasteiger partial charge in [0, 0.05) is 24.1 Å². The predicted octanol–water partition coefficient (Wildman–Crippen LogP) is 7.22. The van der Waals surface area contributed by atoms with E-state index in [1.807, 2.05) is 0 Å². The molecule has 3 saturated heterocycles. The van der Waals surface area contributed by atoms with E-state index in [4.69, 9.17) is 42.1 Å². The fourth-order valence-corrected chi connectivity index (χ4v) is 7.19. The molecule has 0 spiro atoms. The molecule has 4 aromatic rings. The number of hydrogen-bond donors (Lipinski definition) is 1. The van der Waals surface area contributed by atoms with Gasteiger partial charge in [0.25, 0.3) is 0 Å². The van der Waals surface area contributed by atoms with Crippen molar-refractivity contribution in [1.82, 2.24) is 4.90 Å². The monoisotopic (exact) mass is 720 g/mol. The first-order valence-electron chi connectivity index (χ1n) is 16.5. The number of aromatic hydroxyl groups is 1. The average Bonchev–Trinajstić information content (AvgIpc) is 3.13. The van der Waals surface area contributed by atoms with Crippen LogP contribution in [0.25, 0.3) is 0 Å². The Hall–Kier alpha value is -4.51. The maximum atomic E-state index is 13.8. The standard InChI is InChI=1S/C38H39Cl2N3O7/c1-23-31(5-4-6-32(23)44)43(38(46)50-36-22-42-15-13-25(36)14-16-42)21-24-7-9-26(10-8-24)37(45)49-34(18-28-29(39)19-41-20-30(28)40)27-11-12-33(47-2)35(17-27)48-3/h4-12,17,19-20,25,34,36,44H,13-16,18,21-22H2,1-3H3/p+1/t34-,36-/m0/s1. The van der Waals surface area contributed by atoms with Crippen LogP contribution in [0, 0.1) is 12.8 Å². The largest absolute Gasteiger partial charge is 0.508 e. The summed E-state index contributed by atoms with van der Waals surface area (Å²) in [5.74, 6) is 0.879. The number of amides is 1. The molecule has 2 atom stereocenters. The number of pyridine rings is 1. The maximum Gasteiger partial charge on any atom is 0.414 e. The fraction of sp³-hybridized carbons (Fsp3) is 0.342. The number of phenolic OH excluding ortho intramolecular Hbond substituents is 1. The summed E-state index contributed by atoms with van der Waals surface area (Å²) in [6.07, 6.45) is 4.02. The second kappa shape index (κ2) is 15.6. The van der Waals surface area contributed by atoms with E-state index in [2.05, 4.69) is 9.88 Å². The zero-order valence-corrected chi connectivity index (χ0v) is 29.7. The zero-order chi connectivity index (χ0) is 35.4. The molecule has 0 radical (unpaired) electrons. The highest BCUT2D eigenvalue weighted by molar-refractivity contribution is 6.35. The van der Waals surface area contributed by atoms with Crippen LogP contribution < -0.4 is 19.4 Å². The molecule has 1 amide bonds. The van der Waals surface area contributed by atoms with E-state index in [0.29, 0.717) is 55.4 Å². The van der Waals surface area contributed by atoms with Crippen molar-refractivity contribution < 1.29 is 38.6 Å². The normalized spacial score (nSPS) is 18.6. The van der Waals surface area contributed by atoms with Crippen LogP contribution in [-0.2, 0) is 22.4 Å². The molecular weight excluding hydrogens is 681 g/mol. The molecule has 0 aliphatic carbocycles. The van der Waals surface area contributed by atoms with E-state index >= 15 is 0 Å². The topological polar surface area (TPSA) is 112 Å². The number of benzene rings is 3. The number of ether oxygens (including phenoxy) is 4. The Morgan fingerprint density at radius 1 is 0.980 bits per heavy atom. The highest BCUT2D eigenvalue weighted by Crippen LogP contribution is 2.36. The van der Waals surface area contributed by atoms with Crippen LogP contribution in [0.1, 0.15) is 51.6 Å². The summed E-state index contributed by atoms with van der Waals surface area (Å²) < 4.78 is 23.1. The number of esters is 1. The van der Waals surface area contributed by atoms with E-state index in [-0.39, 0.29) is 24.8 Å². The van der Waals surface area contributed by atoms with Crippen molar-refractivity contribution >= 4 is 41.0 Å². The van der Waals surface area contributed by atoms with Crippen molar-refractivity contribution in [1.29, 1.82) is 0 Å². The van der Waals surface area contributed by atoms with E-state index in [9.17, 15) is 14.7 Å². The van der Waals surface area contributed by atoms with Crippen molar-refractivity contribution in [3.8, 4) is 17.2 Å². The number of carbonyl (C=O) groups is 2. The summed E-state index contributed by atoms with van der Waals surface area (Å²) in [6.45, 7) is 4.72. The molecule has 3 aliphatic rings. The number of hydrogen-bond acceptors (Lipinski definition) is 8. The van der Waals surface area contributed by atoms with E-state index in [1.165, 1.54) is 12.0 Å². The molecular formula is C38H40Cl2N3O7+. The van der Waals surface area contributed by atoms with Gasteiger partial charge >= 0.3 is 12.1 Å². The predicted molar refractivity (Wildman–Crippen MR) is 189 cm³/mol. The van der Waals surface area contributed by atoms with Gasteiger partial charge < -0.3 is 24.1 Å². The molecule has 12 heteroatoms. The minimum Gasteiger partial charge on any atom is -0.508 e. The van der Waals surface area contributed by atoms with Crippen LogP contribution in [0.15, 0.2) is 73.1 Å². The van der Waals surface area contributed by atoms with Crippen molar-refractivity contribution in [2.24, 2.45) is 5.92 Å². The Labute approximate surface area is 301 Å². The number of nitrogens with zero attached hydrogens (tertiary/aromatic N) is 2. The van der Waals surface area contributed by atoms with Crippen LogP contribution in [0.2, 0.25) is 10.0 Å². The average molecular weight is 722 g/mol. The Morgan fingerprint density at radius 3 is 2.32 bits per heavy atom. The SMILES string of the molecule is COc1ccc([C@H](Cc2c(Cl)c[nH+]cc2Cl)OC(=O)c2ccc(CN(C(=O)O[C@H]3CN4CCC3CC4)c3cccc(O)c3C)cc2)cc1OC. The minimum atomic E-state index is -0.773. The first kappa shape index (κ1) is 35.3. The lowest BCUT2D eigenvalue weighted by Gasteiger charge is -2.44. The highest BCUT2D eigenvalue weighted by atomic mass is 35.5. The van der Waals surface area contributed by atoms with E-state index in [0.717, 1.165) is 38.0 Å². The molecule has 3 fully saturated rings. The smallest absolute Gasteiger partial charge is 0.414 e. The first-order chi connectivity index (χ1) is 24.1. The van der Waals surface area contributed by atoms with E-state index in [1.54, 1.807) is 87.1 Å². The first-order valence-corrected chi connectivity index (χ1v) is 17.3. The second-order valence-electron chi connectivity index (χ2n) is 12.6. The van der Waals surface area contributed by atoms with Crippen molar-refractivity contribution in [2.75, 3.05) is 38.8 Å². The number of rotatable bonds is 11. The number of methoxy groups -OCH3 is 2. The van der Waals surface area contributed by atoms with Gasteiger partial charge in [-0.05, 0) is 86.3 Å². The molecule has 50 heavy (non-hydrogen) atoms. The molecule has 3 aromatic carbocycles. The number of piperidine rings is 3. The van der Waals surface area contributed by atoms with Gasteiger partial charge in [0.1, 0.15) is 28.0 Å². The lowest BCUT2D eigenvalue weighted by atomic mass is 9.86. The number of aromatic nitrogens is 1. The molecule has 0 saturated carbocycles. The number of nitrogens with one attached hydrogen (secondary N) is 1. The van der Waals surface area contributed by atoms with Gasteiger partial charge in [-0.15, -0.1) is 0 Å². The Bertz CT molecular complexity index is 1830. The number of fused-ring (bicyclic) bond motifs is 3. The molecule has 3 aliphatic heterocycles. The van der Waals surface area contributed by atoms with Crippen LogP contribution in [0.5, 0.6) is 17.2 Å². The molecule has 262 valence electrons. The van der Waals surface area contributed by atoms with Crippen LogP contribution >= 0.6 is 23.2 Å². The van der Waals surface area contributed by atoms with Gasteiger partial charge in [-0.25, -0.2) is 14.6 Å². The Morgan fingerprint density at radius 2 is 1.68 bits per heavy atom. The lowest BCUT2D eigenvalue weighted by Crippen LogP contribution is -2.53. The van der Waals surface area contributed by atoms with Crippen molar-refractivity contribution in [2.45, 2.75) is 44.9 Å². The summed E-state index contributed by atoms with van der Waals surface area (Å²) in [4.78, 5) is 34.2. The maximum absolute atomic E-state index is 13.8. The number of H-pyrrole nitrogens is 1. The Balaban J connectivity index is 1.22. The van der Waals surface area contributed by atoms with Crippen LogP contribution in [0.3, 0.4) is 0 Å². The number of carbonyl (C=O) groups excluding carboxylic acids is 2. The third kappa shape index (κ3) is 7.78. The fourth-order valence-electron chi connectivity index (χ4n) is 6.65. The summed E-state index contributed by atoms with van der Waals surface area (Å²) in [6, 6.07) is 17.2. The van der Waals surface area contributed by atoms with Crippen molar-refractivity contribution in [3.63, 3.8) is 0 Å². The Kier molecular flexibility index (Phi) is 11.0. The molecule has 2 bridgehead atoms. The third-order valence-electron chi connectivity index (χ3n) is 9.58. The highest BCUT2D eigenvalue weighted by Gasteiger charge is 2.37. The van der Waals surface area contributed by atoms with Gasteiger partial charge in [-0.1, -0.05) is 47.5 Å². The van der Waals surface area contributed by atoms with Gasteiger partial charge in [-0.2, -0.15) is 0 Å². The number of anilines is 1. The van der Waals surface area contributed by atoms with Gasteiger partial charge in [0.2, 0.25) is 0 Å². The lowest BCUT2D eigenvalue weighted by molar-refractivity contribution is -0.377. The van der Waals surface area contributed by atoms with Gasteiger partial charge in [-0.3, -0.25) is 9.80 Å². The molecule has 4 heterocycles. The quantitative estimate of drug-likeness (QED) is 0.162.